The van der Waals surface area contributed by atoms with E-state index in [2.05, 4.69) is 10.3 Å². The van der Waals surface area contributed by atoms with E-state index >= 15 is 0 Å². The number of esters is 1. The Balaban J connectivity index is 1.80. The maximum atomic E-state index is 12.7. The van der Waals surface area contributed by atoms with Crippen LogP contribution in [0.3, 0.4) is 0 Å². The van der Waals surface area contributed by atoms with Gasteiger partial charge in [-0.3, -0.25) is 9.59 Å². The SMILES string of the molecule is CC12CCC(C(=O)NCc3ccc[nH+]c3)(OC1=O)C2(C)C. The Kier molecular flexibility index (Phi) is 2.87. The smallest absolute Gasteiger partial charge is 0.313 e. The number of carbonyl (C=O) groups is 2. The molecule has 2 aliphatic rings. The molecular formula is C16H21N2O3+. The van der Waals surface area contributed by atoms with E-state index in [1.165, 1.54) is 0 Å². The molecule has 1 saturated carbocycles. The Morgan fingerprint density at radius 2 is 2.14 bits per heavy atom. The van der Waals surface area contributed by atoms with Gasteiger partial charge >= 0.3 is 5.97 Å². The zero-order valence-corrected chi connectivity index (χ0v) is 12.7. The second kappa shape index (κ2) is 4.29. The number of H-pyrrole nitrogens is 1. The number of aromatic nitrogens is 1. The molecule has 0 spiro atoms. The van der Waals surface area contributed by atoms with Crippen LogP contribution in [0.15, 0.2) is 24.5 Å². The predicted octanol–water partition coefficient (Wildman–Crippen LogP) is 1.24. The minimum Gasteiger partial charge on any atom is -0.448 e. The number of nitrogens with one attached hydrogen (secondary N) is 2. The van der Waals surface area contributed by atoms with Gasteiger partial charge in [-0.25, -0.2) is 4.98 Å². The van der Waals surface area contributed by atoms with Crippen molar-refractivity contribution in [3.05, 3.63) is 30.1 Å². The number of ether oxygens (including phenoxy) is 1. The van der Waals surface area contributed by atoms with Gasteiger partial charge in [0.1, 0.15) is 0 Å². The number of rotatable bonds is 3. The first-order valence-corrected chi connectivity index (χ1v) is 7.30. The first kappa shape index (κ1) is 14.0. The van der Waals surface area contributed by atoms with Gasteiger partial charge in [0, 0.05) is 23.6 Å². The van der Waals surface area contributed by atoms with Crippen LogP contribution >= 0.6 is 0 Å². The minimum absolute atomic E-state index is 0.189. The maximum absolute atomic E-state index is 12.7. The van der Waals surface area contributed by atoms with E-state index in [0.29, 0.717) is 19.4 Å². The molecule has 2 unspecified atom stereocenters. The van der Waals surface area contributed by atoms with Crippen molar-refractivity contribution < 1.29 is 19.3 Å². The van der Waals surface area contributed by atoms with E-state index in [-0.39, 0.29) is 11.9 Å². The normalized spacial score (nSPS) is 32.8. The zero-order valence-electron chi connectivity index (χ0n) is 12.7. The van der Waals surface area contributed by atoms with Crippen LogP contribution in [0.25, 0.3) is 0 Å². The van der Waals surface area contributed by atoms with Crippen LogP contribution in [0.2, 0.25) is 0 Å². The van der Waals surface area contributed by atoms with E-state index in [1.54, 1.807) is 0 Å². The highest BCUT2D eigenvalue weighted by Gasteiger charge is 2.75. The van der Waals surface area contributed by atoms with Crippen LogP contribution in [-0.2, 0) is 20.9 Å². The number of hydrogen-bond acceptors (Lipinski definition) is 3. The average Bonchev–Trinajstić information content (AvgIpc) is 2.76. The Morgan fingerprint density at radius 3 is 2.67 bits per heavy atom. The lowest BCUT2D eigenvalue weighted by Gasteiger charge is -2.35. The Morgan fingerprint density at radius 1 is 1.38 bits per heavy atom. The number of hydrogen-bond donors (Lipinski definition) is 1. The fourth-order valence-electron chi connectivity index (χ4n) is 3.61. The summed E-state index contributed by atoms with van der Waals surface area (Å²) in [6.45, 7) is 6.24. The molecule has 1 amide bonds. The van der Waals surface area contributed by atoms with Crippen LogP contribution in [-0.4, -0.2) is 17.5 Å². The lowest BCUT2D eigenvalue weighted by Crippen LogP contribution is -2.53. The average molecular weight is 289 g/mol. The van der Waals surface area contributed by atoms with Crippen molar-refractivity contribution in [3.8, 4) is 0 Å². The fourth-order valence-corrected chi connectivity index (χ4v) is 3.61. The molecule has 5 nitrogen and oxygen atoms in total. The molecule has 1 aliphatic heterocycles. The van der Waals surface area contributed by atoms with E-state index in [1.807, 2.05) is 45.3 Å². The highest BCUT2D eigenvalue weighted by molar-refractivity contribution is 5.96. The molecule has 21 heavy (non-hydrogen) atoms. The summed E-state index contributed by atoms with van der Waals surface area (Å²) in [4.78, 5) is 27.8. The van der Waals surface area contributed by atoms with Crippen molar-refractivity contribution in [2.24, 2.45) is 10.8 Å². The van der Waals surface area contributed by atoms with Crippen molar-refractivity contribution in [2.75, 3.05) is 0 Å². The van der Waals surface area contributed by atoms with Crippen molar-refractivity contribution >= 4 is 11.9 Å². The van der Waals surface area contributed by atoms with Crippen LogP contribution < -0.4 is 10.3 Å². The third-order valence-corrected chi connectivity index (χ3v) is 5.67. The van der Waals surface area contributed by atoms with E-state index in [0.717, 1.165) is 5.56 Å². The van der Waals surface area contributed by atoms with Crippen LogP contribution in [0, 0.1) is 10.8 Å². The number of aromatic amines is 1. The standard InChI is InChI=1S/C16H20N2O3/c1-14(2)15(3)6-7-16(14,21-13(15)20)12(19)18-10-11-5-4-8-17-9-11/h4-5,8-9H,6-7,10H2,1-3H3,(H,18,19)/p+1. The van der Waals surface area contributed by atoms with E-state index < -0.39 is 16.4 Å². The minimum atomic E-state index is -1.03. The molecule has 1 saturated heterocycles. The molecule has 2 atom stereocenters. The summed E-state index contributed by atoms with van der Waals surface area (Å²) in [7, 11) is 0. The van der Waals surface area contributed by atoms with Crippen molar-refractivity contribution in [1.29, 1.82) is 0 Å². The molecule has 0 radical (unpaired) electrons. The third kappa shape index (κ3) is 1.66. The van der Waals surface area contributed by atoms with Gasteiger partial charge in [-0.05, 0) is 25.8 Å². The monoisotopic (exact) mass is 289 g/mol. The number of pyridine rings is 1. The summed E-state index contributed by atoms with van der Waals surface area (Å²) in [5.74, 6) is -0.437. The molecule has 0 aromatic carbocycles. The second-order valence-electron chi connectivity index (χ2n) is 6.77. The molecule has 2 fully saturated rings. The fraction of sp³-hybridized carbons (Fsp3) is 0.562. The Hall–Kier alpha value is -1.91. The first-order valence-electron chi connectivity index (χ1n) is 7.30. The first-order chi connectivity index (χ1) is 9.83. The maximum Gasteiger partial charge on any atom is 0.313 e. The van der Waals surface area contributed by atoms with Crippen LogP contribution in [0.5, 0.6) is 0 Å². The molecule has 1 aliphatic carbocycles. The molecule has 3 rings (SSSR count). The second-order valence-corrected chi connectivity index (χ2v) is 6.77. The lowest BCUT2D eigenvalue weighted by atomic mass is 9.66. The highest BCUT2D eigenvalue weighted by Crippen LogP contribution is 2.65. The van der Waals surface area contributed by atoms with Crippen molar-refractivity contribution in [2.45, 2.75) is 45.8 Å². The summed E-state index contributed by atoms with van der Waals surface area (Å²) in [5.41, 5.74) is -1.11. The molecular weight excluding hydrogens is 268 g/mol. The van der Waals surface area contributed by atoms with Gasteiger partial charge in [0.15, 0.2) is 18.0 Å². The van der Waals surface area contributed by atoms with Gasteiger partial charge in [-0.1, -0.05) is 13.8 Å². The summed E-state index contributed by atoms with van der Waals surface area (Å²) in [6.07, 6.45) is 4.94. The molecule has 2 bridgehead atoms. The van der Waals surface area contributed by atoms with Crippen LogP contribution in [0.1, 0.15) is 39.2 Å². The molecule has 2 heterocycles. The molecule has 5 heteroatoms. The largest absolute Gasteiger partial charge is 0.448 e. The summed E-state index contributed by atoms with van der Waals surface area (Å²) >= 11 is 0. The molecule has 2 N–H and O–H groups in total. The number of fused-ring (bicyclic) bond motifs is 2. The quantitative estimate of drug-likeness (QED) is 0.851. The van der Waals surface area contributed by atoms with Gasteiger partial charge < -0.3 is 10.1 Å². The van der Waals surface area contributed by atoms with Gasteiger partial charge in [0.25, 0.3) is 5.91 Å². The summed E-state index contributed by atoms with van der Waals surface area (Å²) < 4.78 is 5.56. The highest BCUT2D eigenvalue weighted by atomic mass is 16.6. The number of amides is 1. The Labute approximate surface area is 124 Å². The topological polar surface area (TPSA) is 69.5 Å². The van der Waals surface area contributed by atoms with Crippen molar-refractivity contribution in [3.63, 3.8) is 0 Å². The van der Waals surface area contributed by atoms with Gasteiger partial charge in [-0.15, -0.1) is 0 Å². The van der Waals surface area contributed by atoms with Gasteiger partial charge in [0.05, 0.1) is 5.41 Å². The van der Waals surface area contributed by atoms with E-state index in [4.69, 9.17) is 4.74 Å². The molecule has 1 aromatic heterocycles. The lowest BCUT2D eigenvalue weighted by molar-refractivity contribution is -0.378. The third-order valence-electron chi connectivity index (χ3n) is 5.67. The van der Waals surface area contributed by atoms with Gasteiger partial charge in [-0.2, -0.15) is 0 Å². The number of carbonyl (C=O) groups excluding carboxylic acids is 2. The predicted molar refractivity (Wildman–Crippen MR) is 74.8 cm³/mol. The summed E-state index contributed by atoms with van der Waals surface area (Å²) in [5, 5.41) is 2.92. The summed E-state index contributed by atoms with van der Waals surface area (Å²) in [6, 6.07) is 3.81. The van der Waals surface area contributed by atoms with Crippen molar-refractivity contribution in [1.82, 2.24) is 5.32 Å². The van der Waals surface area contributed by atoms with Crippen LogP contribution in [0.4, 0.5) is 0 Å². The van der Waals surface area contributed by atoms with Gasteiger partial charge in [0.2, 0.25) is 0 Å². The molecule has 112 valence electrons. The Bertz CT molecular complexity index is 599. The molecule has 1 aromatic rings. The van der Waals surface area contributed by atoms with E-state index in [9.17, 15) is 9.59 Å². The zero-order chi connectivity index (χ0) is 15.3.